The average Bonchev–Trinajstić information content (AvgIpc) is 2.61. The fourth-order valence-corrected chi connectivity index (χ4v) is 2.09. The van der Waals surface area contributed by atoms with Crippen molar-refractivity contribution in [2.45, 2.75) is 0 Å². The number of nitrogens with zero attached hydrogens (tertiary/aromatic N) is 2. The van der Waals surface area contributed by atoms with Crippen LogP contribution >= 0.6 is 0 Å². The van der Waals surface area contributed by atoms with Gasteiger partial charge < -0.3 is 0 Å². The summed E-state index contributed by atoms with van der Waals surface area (Å²) in [5.74, 6) is 0. The van der Waals surface area contributed by atoms with Crippen LogP contribution in [0.1, 0.15) is 22.5 Å². The maximum atomic E-state index is 4.41. The van der Waals surface area contributed by atoms with Gasteiger partial charge in [-0.3, -0.25) is 9.97 Å². The first-order valence-electron chi connectivity index (χ1n) is 7.19. The smallest absolute Gasteiger partial charge is 0.0886 e. The minimum absolute atomic E-state index is 0.860. The molecular weight excluding hydrogens is 268 g/mol. The topological polar surface area (TPSA) is 25.8 Å². The molecule has 0 aliphatic rings. The highest BCUT2D eigenvalue weighted by Crippen LogP contribution is 2.12. The first-order chi connectivity index (χ1) is 10.9. The van der Waals surface area contributed by atoms with E-state index in [0.29, 0.717) is 0 Å². The predicted molar refractivity (Wildman–Crippen MR) is 92.8 cm³/mol. The van der Waals surface area contributed by atoms with Crippen LogP contribution in [-0.4, -0.2) is 9.97 Å². The van der Waals surface area contributed by atoms with E-state index in [0.717, 1.165) is 22.5 Å². The van der Waals surface area contributed by atoms with Gasteiger partial charge in [0.2, 0.25) is 0 Å². The summed E-state index contributed by atoms with van der Waals surface area (Å²) in [5.41, 5.74) is 4.01. The summed E-state index contributed by atoms with van der Waals surface area (Å²) in [7, 11) is 0. The first-order valence-corrected chi connectivity index (χ1v) is 7.19. The van der Waals surface area contributed by atoms with Gasteiger partial charge in [-0.05, 0) is 23.3 Å². The van der Waals surface area contributed by atoms with Gasteiger partial charge in [-0.15, -0.1) is 0 Å². The van der Waals surface area contributed by atoms with Crippen LogP contribution in [0.15, 0.2) is 73.1 Å². The summed E-state index contributed by atoms with van der Waals surface area (Å²) < 4.78 is 0. The SMILES string of the molecule is C(=Cc1nccnc1C=Cc1ccccc1)c1ccccc1. The fourth-order valence-electron chi connectivity index (χ4n) is 2.09. The van der Waals surface area contributed by atoms with Crippen molar-refractivity contribution in [3.05, 3.63) is 95.6 Å². The second-order valence-corrected chi connectivity index (χ2v) is 4.81. The molecule has 0 bridgehead atoms. The lowest BCUT2D eigenvalue weighted by Crippen LogP contribution is -1.89. The summed E-state index contributed by atoms with van der Waals surface area (Å²) in [5, 5.41) is 0. The molecule has 3 aromatic rings. The summed E-state index contributed by atoms with van der Waals surface area (Å²) >= 11 is 0. The Labute approximate surface area is 130 Å². The largest absolute Gasteiger partial charge is 0.253 e. The molecule has 0 N–H and O–H groups in total. The highest BCUT2D eigenvalue weighted by Gasteiger charge is 1.98. The van der Waals surface area contributed by atoms with Crippen molar-refractivity contribution in [3.63, 3.8) is 0 Å². The van der Waals surface area contributed by atoms with Crippen LogP contribution in [-0.2, 0) is 0 Å². The third kappa shape index (κ3) is 3.76. The molecule has 106 valence electrons. The summed E-state index contributed by atoms with van der Waals surface area (Å²) in [6.07, 6.45) is 11.5. The molecule has 22 heavy (non-hydrogen) atoms. The lowest BCUT2D eigenvalue weighted by molar-refractivity contribution is 1.16. The van der Waals surface area contributed by atoms with Crippen molar-refractivity contribution in [3.8, 4) is 0 Å². The van der Waals surface area contributed by atoms with Crippen LogP contribution < -0.4 is 0 Å². The molecule has 0 amide bonds. The molecule has 0 saturated heterocycles. The van der Waals surface area contributed by atoms with Crippen LogP contribution in [0.4, 0.5) is 0 Å². The second kappa shape index (κ2) is 7.14. The Morgan fingerprint density at radius 2 is 0.909 bits per heavy atom. The highest BCUT2D eigenvalue weighted by atomic mass is 14.8. The van der Waals surface area contributed by atoms with Crippen molar-refractivity contribution < 1.29 is 0 Å². The van der Waals surface area contributed by atoms with Gasteiger partial charge in [-0.2, -0.15) is 0 Å². The molecule has 2 nitrogen and oxygen atoms in total. The van der Waals surface area contributed by atoms with E-state index in [1.165, 1.54) is 0 Å². The Bertz CT molecular complexity index is 707. The number of hydrogen-bond donors (Lipinski definition) is 0. The van der Waals surface area contributed by atoms with E-state index < -0.39 is 0 Å². The molecule has 0 unspecified atom stereocenters. The number of hydrogen-bond acceptors (Lipinski definition) is 2. The zero-order valence-corrected chi connectivity index (χ0v) is 12.1. The third-order valence-corrected chi connectivity index (χ3v) is 3.22. The molecule has 1 heterocycles. The van der Waals surface area contributed by atoms with Crippen molar-refractivity contribution >= 4 is 24.3 Å². The molecule has 2 aromatic carbocycles. The van der Waals surface area contributed by atoms with E-state index in [4.69, 9.17) is 0 Å². The first kappa shape index (κ1) is 14.0. The number of benzene rings is 2. The minimum Gasteiger partial charge on any atom is -0.253 e. The average molecular weight is 284 g/mol. The standard InChI is InChI=1S/C20H16N2/c1-3-7-17(8-4-1)11-13-19-20(22-16-15-21-19)14-12-18-9-5-2-6-10-18/h1-16H. The highest BCUT2D eigenvalue weighted by molar-refractivity contribution is 5.76. The summed E-state index contributed by atoms with van der Waals surface area (Å²) in [4.78, 5) is 8.81. The Hall–Kier alpha value is -3.00. The van der Waals surface area contributed by atoms with Gasteiger partial charge in [0.05, 0.1) is 11.4 Å². The lowest BCUT2D eigenvalue weighted by atomic mass is 10.1. The van der Waals surface area contributed by atoms with Crippen molar-refractivity contribution in [2.75, 3.05) is 0 Å². The molecule has 0 spiro atoms. The zero-order chi connectivity index (χ0) is 15.0. The lowest BCUT2D eigenvalue weighted by Gasteiger charge is -1.99. The maximum absolute atomic E-state index is 4.41. The van der Waals surface area contributed by atoms with Gasteiger partial charge in [-0.25, -0.2) is 0 Å². The maximum Gasteiger partial charge on any atom is 0.0886 e. The minimum atomic E-state index is 0.860. The van der Waals surface area contributed by atoms with Gasteiger partial charge in [0.25, 0.3) is 0 Å². The van der Waals surface area contributed by atoms with Crippen molar-refractivity contribution in [1.82, 2.24) is 9.97 Å². The van der Waals surface area contributed by atoms with Gasteiger partial charge in [0.1, 0.15) is 0 Å². The summed E-state index contributed by atoms with van der Waals surface area (Å²) in [6, 6.07) is 20.3. The molecule has 0 radical (unpaired) electrons. The molecular formula is C20H16N2. The van der Waals surface area contributed by atoms with Crippen molar-refractivity contribution in [1.29, 1.82) is 0 Å². The predicted octanol–water partition coefficient (Wildman–Crippen LogP) is 4.82. The quantitative estimate of drug-likeness (QED) is 0.686. The van der Waals surface area contributed by atoms with E-state index in [1.54, 1.807) is 12.4 Å². The summed E-state index contributed by atoms with van der Waals surface area (Å²) in [6.45, 7) is 0. The molecule has 2 heteroatoms. The van der Waals surface area contributed by atoms with Crippen LogP contribution in [0.3, 0.4) is 0 Å². The van der Waals surface area contributed by atoms with E-state index in [2.05, 4.69) is 34.2 Å². The van der Waals surface area contributed by atoms with Crippen LogP contribution in [0.25, 0.3) is 24.3 Å². The van der Waals surface area contributed by atoms with Gasteiger partial charge in [-0.1, -0.05) is 72.8 Å². The van der Waals surface area contributed by atoms with E-state index in [9.17, 15) is 0 Å². The number of aromatic nitrogens is 2. The third-order valence-electron chi connectivity index (χ3n) is 3.22. The fraction of sp³-hybridized carbons (Fsp3) is 0. The van der Waals surface area contributed by atoms with E-state index in [1.807, 2.05) is 60.7 Å². The molecule has 0 fully saturated rings. The molecule has 0 aliphatic heterocycles. The monoisotopic (exact) mass is 284 g/mol. The number of rotatable bonds is 4. The van der Waals surface area contributed by atoms with Crippen molar-refractivity contribution in [2.24, 2.45) is 0 Å². The molecule has 0 aliphatic carbocycles. The molecule has 3 rings (SSSR count). The normalized spacial score (nSPS) is 11.3. The van der Waals surface area contributed by atoms with Crippen LogP contribution in [0.2, 0.25) is 0 Å². The Kier molecular flexibility index (Phi) is 4.53. The van der Waals surface area contributed by atoms with Gasteiger partial charge in [0.15, 0.2) is 0 Å². The Morgan fingerprint density at radius 1 is 0.500 bits per heavy atom. The molecule has 1 aromatic heterocycles. The Morgan fingerprint density at radius 3 is 1.32 bits per heavy atom. The van der Waals surface area contributed by atoms with E-state index in [-0.39, 0.29) is 0 Å². The molecule has 0 atom stereocenters. The van der Waals surface area contributed by atoms with Crippen LogP contribution in [0, 0.1) is 0 Å². The van der Waals surface area contributed by atoms with Crippen LogP contribution in [0.5, 0.6) is 0 Å². The second-order valence-electron chi connectivity index (χ2n) is 4.81. The molecule has 0 saturated carbocycles. The Balaban J connectivity index is 1.84. The van der Waals surface area contributed by atoms with Gasteiger partial charge in [0, 0.05) is 12.4 Å². The zero-order valence-electron chi connectivity index (χ0n) is 12.1. The van der Waals surface area contributed by atoms with Gasteiger partial charge >= 0.3 is 0 Å². The van der Waals surface area contributed by atoms with E-state index >= 15 is 0 Å².